The number of benzene rings is 2. The minimum atomic E-state index is -2.72. The van der Waals surface area contributed by atoms with Crippen LogP contribution in [0.15, 0.2) is 56.8 Å². The molecule has 1 unspecified atom stereocenters. The molecule has 38 heavy (non-hydrogen) atoms. The van der Waals surface area contributed by atoms with E-state index < -0.39 is 21.2 Å². The average Bonchev–Trinajstić information content (AvgIpc) is 3.47. The molecule has 1 aliphatic heterocycles. The van der Waals surface area contributed by atoms with Gasteiger partial charge in [-0.15, -0.1) is 0 Å². The van der Waals surface area contributed by atoms with Gasteiger partial charge in [0.1, 0.15) is 17.5 Å². The van der Waals surface area contributed by atoms with Crippen LogP contribution in [0.1, 0.15) is 42.3 Å². The van der Waals surface area contributed by atoms with Gasteiger partial charge in [0, 0.05) is 49.8 Å². The van der Waals surface area contributed by atoms with E-state index in [1.54, 1.807) is 49.8 Å². The normalized spacial score (nSPS) is 16.8. The highest BCUT2D eigenvalue weighted by Gasteiger charge is 2.29. The summed E-state index contributed by atoms with van der Waals surface area (Å²) in [5.74, 6) is -0.193. The monoisotopic (exact) mass is 540 g/mol. The Hall–Kier alpha value is -3.57. The fraction of sp³-hybridized carbons (Fsp3) is 0.333. The SMILES string of the molecule is CCS(=O)(=NC)c1ccc(-n2ccn(-c3c4c(nn3-c3cc(C)c(F)c(C)c3)CCN[C@H]4C)c2=O)c(F)c1. The molecule has 0 spiro atoms. The van der Waals surface area contributed by atoms with E-state index in [0.717, 1.165) is 17.8 Å². The quantitative estimate of drug-likeness (QED) is 0.407. The Bertz CT molecular complexity index is 1720. The molecule has 11 heteroatoms. The van der Waals surface area contributed by atoms with Crippen molar-refractivity contribution in [2.75, 3.05) is 19.3 Å². The molecule has 0 aliphatic carbocycles. The molecule has 5 rings (SSSR count). The van der Waals surface area contributed by atoms with E-state index in [1.165, 1.54) is 34.5 Å². The average molecular weight is 541 g/mol. The standard InChI is InChI=1S/C27H30F2N6O2S/c1-6-38(37,30-5)20-7-8-23(21(28)15-20)33-11-12-34(27(33)36)26-24-18(4)31-10-9-22(24)32-35(26)19-13-16(2)25(29)17(3)14-19/h7-8,11-15,18,31H,6,9-10H2,1-5H3/t18-,38?/m0/s1. The number of nitrogens with zero attached hydrogens (tertiary/aromatic N) is 5. The number of fused-ring (bicyclic) bond motifs is 1. The Morgan fingerprint density at radius 2 is 1.82 bits per heavy atom. The summed E-state index contributed by atoms with van der Waals surface area (Å²) in [6.07, 6.45) is 3.74. The van der Waals surface area contributed by atoms with Crippen LogP contribution in [0.5, 0.6) is 0 Å². The zero-order valence-electron chi connectivity index (χ0n) is 22.0. The third-order valence-electron chi connectivity index (χ3n) is 7.12. The summed E-state index contributed by atoms with van der Waals surface area (Å²) >= 11 is 0. The second-order valence-electron chi connectivity index (χ2n) is 9.46. The number of aryl methyl sites for hydroxylation is 2. The van der Waals surface area contributed by atoms with Crippen molar-refractivity contribution < 1.29 is 13.0 Å². The molecular weight excluding hydrogens is 510 g/mol. The van der Waals surface area contributed by atoms with Gasteiger partial charge >= 0.3 is 5.69 Å². The van der Waals surface area contributed by atoms with Crippen molar-refractivity contribution in [1.82, 2.24) is 24.2 Å². The smallest absolute Gasteiger partial charge is 0.310 e. The van der Waals surface area contributed by atoms with Crippen LogP contribution in [0, 0.1) is 25.5 Å². The summed E-state index contributed by atoms with van der Waals surface area (Å²) in [7, 11) is -1.27. The number of rotatable bonds is 5. The largest absolute Gasteiger partial charge is 0.338 e. The molecule has 2 aromatic carbocycles. The van der Waals surface area contributed by atoms with E-state index in [-0.39, 0.29) is 28.2 Å². The van der Waals surface area contributed by atoms with E-state index in [9.17, 15) is 13.4 Å². The van der Waals surface area contributed by atoms with Crippen molar-refractivity contribution >= 4 is 9.73 Å². The fourth-order valence-corrected chi connectivity index (χ4v) is 6.43. The lowest BCUT2D eigenvalue weighted by atomic mass is 10.0. The first-order chi connectivity index (χ1) is 18.1. The highest BCUT2D eigenvalue weighted by atomic mass is 32.2. The molecule has 3 heterocycles. The molecule has 0 fully saturated rings. The third-order valence-corrected chi connectivity index (χ3v) is 9.49. The van der Waals surface area contributed by atoms with Crippen molar-refractivity contribution in [2.24, 2.45) is 4.36 Å². The summed E-state index contributed by atoms with van der Waals surface area (Å²) < 4.78 is 50.9. The summed E-state index contributed by atoms with van der Waals surface area (Å²) in [6.45, 7) is 7.85. The van der Waals surface area contributed by atoms with Crippen molar-refractivity contribution in [3.8, 4) is 17.2 Å². The molecule has 2 atom stereocenters. The van der Waals surface area contributed by atoms with Gasteiger partial charge in [0.15, 0.2) is 0 Å². The highest BCUT2D eigenvalue weighted by Crippen LogP contribution is 2.31. The second kappa shape index (κ2) is 9.63. The lowest BCUT2D eigenvalue weighted by Crippen LogP contribution is -2.30. The maximum atomic E-state index is 15.3. The minimum Gasteiger partial charge on any atom is -0.310 e. The zero-order valence-corrected chi connectivity index (χ0v) is 22.8. The van der Waals surface area contributed by atoms with Crippen LogP contribution < -0.4 is 11.0 Å². The van der Waals surface area contributed by atoms with Gasteiger partial charge in [0.05, 0.1) is 31.7 Å². The van der Waals surface area contributed by atoms with E-state index >= 15 is 4.39 Å². The zero-order chi connectivity index (χ0) is 27.4. The van der Waals surface area contributed by atoms with Crippen LogP contribution in [-0.2, 0) is 16.1 Å². The number of nitrogens with one attached hydrogen (secondary N) is 1. The van der Waals surface area contributed by atoms with Crippen molar-refractivity contribution in [3.05, 3.63) is 87.2 Å². The maximum Gasteiger partial charge on any atom is 0.338 e. The fourth-order valence-electron chi connectivity index (χ4n) is 5.06. The predicted octanol–water partition coefficient (Wildman–Crippen LogP) is 4.39. The first-order valence-electron chi connectivity index (χ1n) is 12.4. The first kappa shape index (κ1) is 26.1. The molecule has 0 amide bonds. The molecule has 0 saturated carbocycles. The van der Waals surface area contributed by atoms with Crippen molar-refractivity contribution in [1.29, 1.82) is 0 Å². The van der Waals surface area contributed by atoms with Gasteiger partial charge in [-0.1, -0.05) is 6.92 Å². The van der Waals surface area contributed by atoms with E-state index in [0.29, 0.717) is 29.1 Å². The van der Waals surface area contributed by atoms with Crippen LogP contribution >= 0.6 is 0 Å². The highest BCUT2D eigenvalue weighted by molar-refractivity contribution is 7.93. The molecule has 200 valence electrons. The Labute approximate surface area is 220 Å². The topological polar surface area (TPSA) is 86.2 Å². The van der Waals surface area contributed by atoms with Gasteiger partial charge < -0.3 is 5.32 Å². The minimum absolute atomic E-state index is 0.0334. The molecular formula is C27H30F2N6O2S. The van der Waals surface area contributed by atoms with E-state index in [1.807, 2.05) is 6.92 Å². The Morgan fingerprint density at radius 1 is 1.13 bits per heavy atom. The van der Waals surface area contributed by atoms with Gasteiger partial charge in [-0.2, -0.15) is 5.10 Å². The Kier molecular flexibility index (Phi) is 6.60. The molecule has 1 N–H and O–H groups in total. The maximum absolute atomic E-state index is 15.3. The Morgan fingerprint density at radius 3 is 2.45 bits per heavy atom. The summed E-state index contributed by atoms with van der Waals surface area (Å²) in [5, 5.41) is 8.24. The summed E-state index contributed by atoms with van der Waals surface area (Å²) in [5.41, 5.74) is 2.82. The number of aromatic nitrogens is 4. The third kappa shape index (κ3) is 4.10. The van der Waals surface area contributed by atoms with Crippen LogP contribution in [0.25, 0.3) is 17.2 Å². The lowest BCUT2D eigenvalue weighted by Gasteiger charge is -2.21. The molecule has 0 saturated heterocycles. The molecule has 0 bridgehead atoms. The lowest BCUT2D eigenvalue weighted by molar-refractivity contribution is 0.536. The van der Waals surface area contributed by atoms with Gasteiger partial charge in [0.2, 0.25) is 0 Å². The molecule has 4 aromatic rings. The summed E-state index contributed by atoms with van der Waals surface area (Å²) in [4.78, 5) is 14.0. The number of hydrogen-bond donors (Lipinski definition) is 1. The second-order valence-corrected chi connectivity index (χ2v) is 12.2. The molecule has 2 aromatic heterocycles. The van der Waals surface area contributed by atoms with E-state index in [2.05, 4.69) is 9.68 Å². The van der Waals surface area contributed by atoms with Crippen LogP contribution in [-0.4, -0.2) is 42.5 Å². The van der Waals surface area contributed by atoms with Crippen molar-refractivity contribution in [2.45, 2.75) is 45.1 Å². The van der Waals surface area contributed by atoms with Crippen molar-refractivity contribution in [3.63, 3.8) is 0 Å². The van der Waals surface area contributed by atoms with Gasteiger partial charge in [-0.05, 0) is 62.2 Å². The van der Waals surface area contributed by atoms with Crippen LogP contribution in [0.4, 0.5) is 8.78 Å². The Balaban J connectivity index is 1.70. The first-order valence-corrected chi connectivity index (χ1v) is 14.1. The van der Waals surface area contributed by atoms with Crippen LogP contribution in [0.2, 0.25) is 0 Å². The van der Waals surface area contributed by atoms with Crippen LogP contribution in [0.3, 0.4) is 0 Å². The van der Waals surface area contributed by atoms with Gasteiger partial charge in [-0.25, -0.2) is 26.8 Å². The number of halogens is 2. The molecule has 1 aliphatic rings. The van der Waals surface area contributed by atoms with Gasteiger partial charge in [0.25, 0.3) is 0 Å². The predicted molar refractivity (Wildman–Crippen MR) is 143 cm³/mol. The number of hydrogen-bond acceptors (Lipinski definition) is 5. The molecule has 8 nitrogen and oxygen atoms in total. The molecule has 0 radical (unpaired) electrons. The van der Waals surface area contributed by atoms with E-state index in [4.69, 9.17) is 5.10 Å². The van der Waals surface area contributed by atoms with Gasteiger partial charge in [-0.3, -0.25) is 9.13 Å². The summed E-state index contributed by atoms with van der Waals surface area (Å²) in [6, 6.07) is 7.49. The number of imidazole rings is 1.